The molecule has 1 unspecified atom stereocenters. The van der Waals surface area contributed by atoms with Gasteiger partial charge in [-0.25, -0.2) is 0 Å². The summed E-state index contributed by atoms with van der Waals surface area (Å²) in [5.74, 6) is 1.58. The second-order valence-electron chi connectivity index (χ2n) is 6.92. The maximum Gasteiger partial charge on any atom is 0.198 e. The van der Waals surface area contributed by atoms with Crippen LogP contribution in [0.3, 0.4) is 0 Å². The first-order valence-corrected chi connectivity index (χ1v) is 9.08. The van der Waals surface area contributed by atoms with Crippen molar-refractivity contribution in [3.8, 4) is 0 Å². The molecule has 24 heavy (non-hydrogen) atoms. The van der Waals surface area contributed by atoms with Crippen LogP contribution in [-0.4, -0.2) is 63.3 Å². The van der Waals surface area contributed by atoms with Crippen LogP contribution in [0.2, 0.25) is 0 Å². The Balaban J connectivity index is 1.65. The molecule has 0 aromatic heterocycles. The number of ether oxygens (including phenoxy) is 1. The Hall–Kier alpha value is -1.59. The number of fused-ring (bicyclic) bond motifs is 1. The number of hydrogen-bond donors (Lipinski definition) is 1. The van der Waals surface area contributed by atoms with E-state index in [9.17, 15) is 0 Å². The lowest BCUT2D eigenvalue weighted by molar-refractivity contribution is 0.00754. The Morgan fingerprint density at radius 1 is 1.21 bits per heavy atom. The highest BCUT2D eigenvalue weighted by atomic mass is 16.5. The summed E-state index contributed by atoms with van der Waals surface area (Å²) in [6, 6.07) is 9.13. The zero-order valence-electron chi connectivity index (χ0n) is 15.2. The van der Waals surface area contributed by atoms with Crippen molar-refractivity contribution in [3.63, 3.8) is 0 Å². The fourth-order valence-electron chi connectivity index (χ4n) is 3.74. The van der Waals surface area contributed by atoms with Gasteiger partial charge >= 0.3 is 0 Å². The van der Waals surface area contributed by atoms with E-state index in [1.807, 2.05) is 7.05 Å². The van der Waals surface area contributed by atoms with Crippen molar-refractivity contribution >= 4 is 11.6 Å². The number of guanidine groups is 1. The van der Waals surface area contributed by atoms with E-state index in [4.69, 9.17) is 4.74 Å². The van der Waals surface area contributed by atoms with Crippen LogP contribution in [-0.2, 0) is 11.2 Å². The molecule has 1 aromatic rings. The molecule has 1 saturated heterocycles. The molecule has 1 fully saturated rings. The Bertz CT molecular complexity index is 566. The summed E-state index contributed by atoms with van der Waals surface area (Å²) >= 11 is 0. The summed E-state index contributed by atoms with van der Waals surface area (Å²) in [6.07, 6.45) is 1.09. The van der Waals surface area contributed by atoms with Crippen molar-refractivity contribution in [1.82, 2.24) is 10.2 Å². The summed E-state index contributed by atoms with van der Waals surface area (Å²) in [6.45, 7) is 10.3. The Morgan fingerprint density at radius 2 is 1.96 bits per heavy atom. The fourth-order valence-corrected chi connectivity index (χ4v) is 3.74. The maximum absolute atomic E-state index is 5.50. The van der Waals surface area contributed by atoms with Crippen LogP contribution < -0.4 is 10.2 Å². The van der Waals surface area contributed by atoms with E-state index < -0.39 is 0 Å². The quantitative estimate of drug-likeness (QED) is 0.677. The normalized spacial score (nSPS) is 20.3. The van der Waals surface area contributed by atoms with Crippen LogP contribution in [0.5, 0.6) is 0 Å². The predicted octanol–water partition coefficient (Wildman–Crippen LogP) is 1.98. The van der Waals surface area contributed by atoms with Gasteiger partial charge in [-0.3, -0.25) is 9.89 Å². The van der Waals surface area contributed by atoms with E-state index in [0.29, 0.717) is 12.0 Å². The van der Waals surface area contributed by atoms with E-state index in [1.165, 1.54) is 11.3 Å². The Kier molecular flexibility index (Phi) is 5.74. The summed E-state index contributed by atoms with van der Waals surface area (Å²) in [5, 5.41) is 3.62. The second-order valence-corrected chi connectivity index (χ2v) is 6.92. The average molecular weight is 330 g/mol. The van der Waals surface area contributed by atoms with Crippen molar-refractivity contribution in [1.29, 1.82) is 0 Å². The minimum atomic E-state index is 0.503. The molecular formula is C19H30N4O. The number of nitrogens with zero attached hydrogens (tertiary/aromatic N) is 3. The highest BCUT2D eigenvalue weighted by Gasteiger charge is 2.26. The topological polar surface area (TPSA) is 40.1 Å². The van der Waals surface area contributed by atoms with Gasteiger partial charge in [-0.05, 0) is 24.0 Å². The SMILES string of the molecule is CN=C(NCC(C(C)C)N1CCOCC1)N1CCc2ccccc21. The van der Waals surface area contributed by atoms with E-state index >= 15 is 0 Å². The van der Waals surface area contributed by atoms with Gasteiger partial charge in [0.15, 0.2) is 5.96 Å². The molecule has 0 aliphatic carbocycles. The number of nitrogens with one attached hydrogen (secondary N) is 1. The van der Waals surface area contributed by atoms with E-state index in [0.717, 1.165) is 51.8 Å². The van der Waals surface area contributed by atoms with Crippen molar-refractivity contribution in [2.75, 3.05) is 51.3 Å². The summed E-state index contributed by atoms with van der Waals surface area (Å²) < 4.78 is 5.50. The molecule has 1 N–H and O–H groups in total. The summed E-state index contributed by atoms with van der Waals surface area (Å²) in [5.41, 5.74) is 2.70. The van der Waals surface area contributed by atoms with Gasteiger partial charge in [-0.1, -0.05) is 32.0 Å². The lowest BCUT2D eigenvalue weighted by atomic mass is 10.0. The van der Waals surface area contributed by atoms with Gasteiger partial charge in [0.05, 0.1) is 13.2 Å². The molecule has 5 heteroatoms. The molecule has 132 valence electrons. The first-order valence-electron chi connectivity index (χ1n) is 9.08. The number of para-hydroxylation sites is 1. The van der Waals surface area contributed by atoms with Crippen molar-refractivity contribution in [2.45, 2.75) is 26.3 Å². The first kappa shape index (κ1) is 17.2. The van der Waals surface area contributed by atoms with Crippen LogP contribution >= 0.6 is 0 Å². The van der Waals surface area contributed by atoms with E-state index in [-0.39, 0.29) is 0 Å². The van der Waals surface area contributed by atoms with Crippen LogP contribution in [0.4, 0.5) is 5.69 Å². The van der Waals surface area contributed by atoms with Gasteiger partial charge in [0.2, 0.25) is 0 Å². The molecule has 2 aliphatic heterocycles. The summed E-state index contributed by atoms with van der Waals surface area (Å²) in [7, 11) is 1.88. The van der Waals surface area contributed by atoms with Gasteiger partial charge in [0.25, 0.3) is 0 Å². The molecule has 0 saturated carbocycles. The van der Waals surface area contributed by atoms with Gasteiger partial charge in [0.1, 0.15) is 0 Å². The molecule has 2 aliphatic rings. The molecule has 5 nitrogen and oxygen atoms in total. The number of morpholine rings is 1. The van der Waals surface area contributed by atoms with Crippen LogP contribution in [0, 0.1) is 5.92 Å². The number of benzene rings is 1. The summed E-state index contributed by atoms with van der Waals surface area (Å²) in [4.78, 5) is 9.39. The minimum absolute atomic E-state index is 0.503. The molecule has 0 spiro atoms. The zero-order valence-corrected chi connectivity index (χ0v) is 15.2. The Labute approximate surface area is 145 Å². The fraction of sp³-hybridized carbons (Fsp3) is 0.632. The smallest absolute Gasteiger partial charge is 0.198 e. The first-order chi connectivity index (χ1) is 11.7. The van der Waals surface area contributed by atoms with Gasteiger partial charge in [-0.2, -0.15) is 0 Å². The van der Waals surface area contributed by atoms with E-state index in [2.05, 4.69) is 58.2 Å². The van der Waals surface area contributed by atoms with Crippen LogP contribution in [0.1, 0.15) is 19.4 Å². The highest BCUT2D eigenvalue weighted by Crippen LogP contribution is 2.27. The third-order valence-electron chi connectivity index (χ3n) is 5.11. The van der Waals surface area contributed by atoms with Crippen molar-refractivity contribution in [2.24, 2.45) is 10.9 Å². The van der Waals surface area contributed by atoms with Gasteiger partial charge in [0, 0.05) is 45.0 Å². The standard InChI is InChI=1S/C19H30N4O/c1-15(2)18(22-10-12-24-13-11-22)14-21-19(20-3)23-9-8-16-6-4-5-7-17(16)23/h4-7,15,18H,8-14H2,1-3H3,(H,20,21). The van der Waals surface area contributed by atoms with Crippen molar-refractivity contribution < 1.29 is 4.74 Å². The molecular weight excluding hydrogens is 300 g/mol. The lowest BCUT2D eigenvalue weighted by Gasteiger charge is -2.37. The number of rotatable bonds is 4. The van der Waals surface area contributed by atoms with Gasteiger partial charge in [-0.15, -0.1) is 0 Å². The average Bonchev–Trinajstić information content (AvgIpc) is 3.03. The Morgan fingerprint density at radius 3 is 2.67 bits per heavy atom. The molecule has 2 heterocycles. The van der Waals surface area contributed by atoms with Crippen LogP contribution in [0.25, 0.3) is 0 Å². The number of anilines is 1. The predicted molar refractivity (Wildman–Crippen MR) is 99.9 cm³/mol. The highest BCUT2D eigenvalue weighted by molar-refractivity contribution is 5.97. The second kappa shape index (κ2) is 7.99. The number of hydrogen-bond acceptors (Lipinski definition) is 3. The van der Waals surface area contributed by atoms with Crippen molar-refractivity contribution in [3.05, 3.63) is 29.8 Å². The molecule has 1 aromatic carbocycles. The lowest BCUT2D eigenvalue weighted by Crippen LogP contribution is -2.53. The molecule has 0 amide bonds. The maximum atomic E-state index is 5.50. The minimum Gasteiger partial charge on any atom is -0.379 e. The largest absolute Gasteiger partial charge is 0.379 e. The molecule has 3 rings (SSSR count). The molecule has 1 atom stereocenters. The molecule has 0 bridgehead atoms. The molecule has 0 radical (unpaired) electrons. The number of aliphatic imine (C=N–C) groups is 1. The monoisotopic (exact) mass is 330 g/mol. The third-order valence-corrected chi connectivity index (χ3v) is 5.11. The van der Waals surface area contributed by atoms with Crippen LogP contribution in [0.15, 0.2) is 29.3 Å². The zero-order chi connectivity index (χ0) is 16.9. The van der Waals surface area contributed by atoms with Gasteiger partial charge < -0.3 is 15.0 Å². The third kappa shape index (κ3) is 3.73. The van der Waals surface area contributed by atoms with E-state index in [1.54, 1.807) is 0 Å².